The van der Waals surface area contributed by atoms with Crippen molar-refractivity contribution in [1.82, 2.24) is 10.0 Å². The minimum atomic E-state index is -3.55. The third kappa shape index (κ3) is 7.41. The van der Waals surface area contributed by atoms with Gasteiger partial charge in [0, 0.05) is 19.7 Å². The Balaban J connectivity index is 2.68. The van der Waals surface area contributed by atoms with Crippen molar-refractivity contribution in [2.24, 2.45) is 5.92 Å². The van der Waals surface area contributed by atoms with Gasteiger partial charge in [0.15, 0.2) is 6.61 Å². The molecule has 0 saturated carbocycles. The lowest BCUT2D eigenvalue weighted by molar-refractivity contribution is -0.124. The highest BCUT2D eigenvalue weighted by molar-refractivity contribution is 7.89. The van der Waals surface area contributed by atoms with Gasteiger partial charge in [0.2, 0.25) is 10.0 Å². The van der Waals surface area contributed by atoms with Gasteiger partial charge in [-0.15, -0.1) is 0 Å². The summed E-state index contributed by atoms with van der Waals surface area (Å²) < 4.78 is 37.4. The van der Waals surface area contributed by atoms with Crippen LogP contribution < -0.4 is 14.8 Å². The number of carbonyl (C=O) groups excluding carboxylic acids is 1. The van der Waals surface area contributed by atoms with Gasteiger partial charge in [-0.25, -0.2) is 13.1 Å². The summed E-state index contributed by atoms with van der Waals surface area (Å²) in [6.07, 6.45) is 0. The zero-order valence-electron chi connectivity index (χ0n) is 15.5. The molecule has 0 aliphatic heterocycles. The minimum Gasteiger partial charge on any atom is -0.484 e. The number of sulfonamides is 1. The largest absolute Gasteiger partial charge is 0.484 e. The molecule has 0 bridgehead atoms. The molecular formula is C17H28N2O5S. The second-order valence-corrected chi connectivity index (χ2v) is 8.15. The summed E-state index contributed by atoms with van der Waals surface area (Å²) in [5, 5.41) is 2.74. The fraction of sp³-hybridized carbons (Fsp3) is 0.588. The molecule has 1 rings (SSSR count). The molecule has 0 spiro atoms. The molecule has 0 fully saturated rings. The molecule has 1 atom stereocenters. The number of hydrogen-bond donors (Lipinski definition) is 2. The summed E-state index contributed by atoms with van der Waals surface area (Å²) in [4.78, 5) is 12.0. The van der Waals surface area contributed by atoms with Gasteiger partial charge in [-0.05, 0) is 43.5 Å². The first-order valence-electron chi connectivity index (χ1n) is 8.17. The Morgan fingerprint density at radius 1 is 1.24 bits per heavy atom. The van der Waals surface area contributed by atoms with E-state index < -0.39 is 10.0 Å². The van der Waals surface area contributed by atoms with E-state index in [1.807, 2.05) is 20.8 Å². The van der Waals surface area contributed by atoms with E-state index in [0.29, 0.717) is 24.5 Å². The highest BCUT2D eigenvalue weighted by Crippen LogP contribution is 2.21. The van der Waals surface area contributed by atoms with Gasteiger partial charge in [0.05, 0.1) is 11.5 Å². The summed E-state index contributed by atoms with van der Waals surface area (Å²) in [5.74, 6) is 0.425. The standard InChI is InChI=1S/C17H28N2O5S/c1-12(2)9-18-25(21,22)15-6-7-16(13(3)8-15)24-11-17(20)19-14(4)10-23-5/h6-8,12,14,18H,9-11H2,1-5H3,(H,19,20)/t14-/m0/s1. The lowest BCUT2D eigenvalue weighted by Crippen LogP contribution is -2.38. The molecule has 25 heavy (non-hydrogen) atoms. The van der Waals surface area contributed by atoms with Crippen molar-refractivity contribution >= 4 is 15.9 Å². The highest BCUT2D eigenvalue weighted by Gasteiger charge is 2.16. The Kier molecular flexibility index (Phi) is 8.34. The van der Waals surface area contributed by atoms with Gasteiger partial charge < -0.3 is 14.8 Å². The molecule has 1 aromatic carbocycles. The van der Waals surface area contributed by atoms with Crippen LogP contribution in [0, 0.1) is 12.8 Å². The predicted octanol–water partition coefficient (Wildman–Crippen LogP) is 1.46. The SMILES string of the molecule is COC[C@H](C)NC(=O)COc1ccc(S(=O)(=O)NCC(C)C)cc1C. The van der Waals surface area contributed by atoms with Crippen molar-refractivity contribution in [3.05, 3.63) is 23.8 Å². The lowest BCUT2D eigenvalue weighted by atomic mass is 10.2. The van der Waals surface area contributed by atoms with Crippen LogP contribution in [0.3, 0.4) is 0 Å². The summed E-state index contributed by atoms with van der Waals surface area (Å²) in [5.41, 5.74) is 0.644. The summed E-state index contributed by atoms with van der Waals surface area (Å²) >= 11 is 0. The number of methoxy groups -OCH3 is 1. The Morgan fingerprint density at radius 3 is 2.48 bits per heavy atom. The van der Waals surface area contributed by atoms with Crippen LogP contribution in [0.2, 0.25) is 0 Å². The molecule has 8 heteroatoms. The number of carbonyl (C=O) groups is 1. The normalized spacial score (nSPS) is 12.9. The van der Waals surface area contributed by atoms with E-state index in [2.05, 4.69) is 10.0 Å². The predicted molar refractivity (Wildman–Crippen MR) is 96.2 cm³/mol. The number of nitrogens with one attached hydrogen (secondary N) is 2. The van der Waals surface area contributed by atoms with Gasteiger partial charge >= 0.3 is 0 Å². The molecule has 0 aliphatic carbocycles. The molecule has 0 unspecified atom stereocenters. The van der Waals surface area contributed by atoms with Crippen molar-refractivity contribution in [2.75, 3.05) is 26.9 Å². The number of benzene rings is 1. The van der Waals surface area contributed by atoms with Crippen molar-refractivity contribution in [3.63, 3.8) is 0 Å². The maximum absolute atomic E-state index is 12.2. The van der Waals surface area contributed by atoms with Crippen LogP contribution in [0.25, 0.3) is 0 Å². The first-order valence-corrected chi connectivity index (χ1v) is 9.65. The number of amides is 1. The summed E-state index contributed by atoms with van der Waals surface area (Å²) in [6, 6.07) is 4.45. The number of aryl methyl sites for hydroxylation is 1. The average Bonchev–Trinajstić information content (AvgIpc) is 2.52. The van der Waals surface area contributed by atoms with Crippen LogP contribution in [0.4, 0.5) is 0 Å². The third-order valence-electron chi connectivity index (χ3n) is 3.32. The van der Waals surface area contributed by atoms with Crippen LogP contribution in [-0.4, -0.2) is 47.2 Å². The fourth-order valence-electron chi connectivity index (χ4n) is 2.06. The molecule has 7 nitrogen and oxygen atoms in total. The van der Waals surface area contributed by atoms with Gasteiger partial charge in [-0.3, -0.25) is 4.79 Å². The monoisotopic (exact) mass is 372 g/mol. The zero-order valence-corrected chi connectivity index (χ0v) is 16.3. The summed E-state index contributed by atoms with van der Waals surface area (Å²) in [7, 11) is -1.98. The Bertz CT molecular complexity index is 674. The Hall–Kier alpha value is -1.64. The van der Waals surface area contributed by atoms with E-state index in [4.69, 9.17) is 9.47 Å². The molecule has 0 aromatic heterocycles. The lowest BCUT2D eigenvalue weighted by Gasteiger charge is -2.15. The molecule has 0 heterocycles. The molecule has 1 amide bonds. The van der Waals surface area contributed by atoms with Crippen LogP contribution >= 0.6 is 0 Å². The highest BCUT2D eigenvalue weighted by atomic mass is 32.2. The average molecular weight is 372 g/mol. The smallest absolute Gasteiger partial charge is 0.258 e. The second-order valence-electron chi connectivity index (χ2n) is 6.39. The maximum Gasteiger partial charge on any atom is 0.258 e. The topological polar surface area (TPSA) is 93.7 Å². The first kappa shape index (κ1) is 21.4. The zero-order chi connectivity index (χ0) is 19.0. The molecule has 0 radical (unpaired) electrons. The second kappa shape index (κ2) is 9.74. The van der Waals surface area contributed by atoms with Crippen molar-refractivity contribution in [1.29, 1.82) is 0 Å². The fourth-order valence-corrected chi connectivity index (χ4v) is 3.36. The molecule has 142 valence electrons. The first-order chi connectivity index (χ1) is 11.7. The molecule has 0 aliphatic rings. The Morgan fingerprint density at radius 2 is 1.92 bits per heavy atom. The third-order valence-corrected chi connectivity index (χ3v) is 4.74. The van der Waals surface area contributed by atoms with Crippen LogP contribution in [0.15, 0.2) is 23.1 Å². The van der Waals surface area contributed by atoms with Gasteiger partial charge in [-0.2, -0.15) is 0 Å². The molecular weight excluding hydrogens is 344 g/mol. The Labute approximate surface area is 150 Å². The van der Waals surface area contributed by atoms with E-state index in [9.17, 15) is 13.2 Å². The molecule has 0 saturated heterocycles. The van der Waals surface area contributed by atoms with Gasteiger partial charge in [-0.1, -0.05) is 13.8 Å². The number of ether oxygens (including phenoxy) is 2. The van der Waals surface area contributed by atoms with E-state index in [1.54, 1.807) is 20.1 Å². The molecule has 1 aromatic rings. The van der Waals surface area contributed by atoms with E-state index in [-0.39, 0.29) is 29.4 Å². The maximum atomic E-state index is 12.2. The molecule has 2 N–H and O–H groups in total. The van der Waals surface area contributed by atoms with Crippen molar-refractivity contribution < 1.29 is 22.7 Å². The van der Waals surface area contributed by atoms with Crippen molar-refractivity contribution in [3.8, 4) is 5.75 Å². The number of hydrogen-bond acceptors (Lipinski definition) is 5. The van der Waals surface area contributed by atoms with Crippen LogP contribution in [-0.2, 0) is 19.6 Å². The quantitative estimate of drug-likeness (QED) is 0.648. The van der Waals surface area contributed by atoms with Crippen molar-refractivity contribution in [2.45, 2.75) is 38.6 Å². The van der Waals surface area contributed by atoms with E-state index >= 15 is 0 Å². The van der Waals surface area contributed by atoms with E-state index in [0.717, 1.165) is 0 Å². The minimum absolute atomic E-state index is 0.109. The van der Waals surface area contributed by atoms with Gasteiger partial charge in [0.25, 0.3) is 5.91 Å². The van der Waals surface area contributed by atoms with Gasteiger partial charge in [0.1, 0.15) is 5.75 Å². The summed E-state index contributed by atoms with van der Waals surface area (Å²) in [6.45, 7) is 8.08. The number of rotatable bonds is 10. The van der Waals surface area contributed by atoms with Crippen LogP contribution in [0.5, 0.6) is 5.75 Å². The van der Waals surface area contributed by atoms with Crippen LogP contribution in [0.1, 0.15) is 26.3 Å². The van der Waals surface area contributed by atoms with E-state index in [1.165, 1.54) is 12.1 Å².